The zero-order valence-corrected chi connectivity index (χ0v) is 17.9. The molecule has 162 valence electrons. The van der Waals surface area contributed by atoms with Crippen molar-refractivity contribution in [2.45, 2.75) is 45.4 Å². The zero-order chi connectivity index (χ0) is 21.2. The van der Waals surface area contributed by atoms with Gasteiger partial charge in [0, 0.05) is 38.1 Å². The predicted molar refractivity (Wildman–Crippen MR) is 121 cm³/mol. The molecule has 0 saturated carbocycles. The molecular weight excluding hydrogens is 378 g/mol. The van der Waals surface area contributed by atoms with Crippen molar-refractivity contribution in [1.29, 1.82) is 0 Å². The number of hydrogen-bond acceptors (Lipinski definition) is 5. The van der Waals surface area contributed by atoms with Gasteiger partial charge in [0.05, 0.1) is 12.2 Å². The molecule has 6 nitrogen and oxygen atoms in total. The van der Waals surface area contributed by atoms with Crippen LogP contribution in [-0.4, -0.2) is 48.8 Å². The SMILES string of the molecule is CCCCCCCCOc1ccc(N2CCN(c3ccc(C(=O)O)cn3)CC2)cc1. The third-order valence-corrected chi connectivity index (χ3v) is 5.57. The standard InChI is InChI=1S/C24H33N3O3/c1-2-3-4-5-6-7-18-30-22-11-9-21(10-12-22)26-14-16-27(17-15-26)23-13-8-20(19-25-23)24(28)29/h8-13,19H,2-7,14-18H2,1H3,(H,28,29). The van der Waals surface area contributed by atoms with Crippen LogP contribution in [0.2, 0.25) is 0 Å². The third-order valence-electron chi connectivity index (χ3n) is 5.57. The van der Waals surface area contributed by atoms with Crippen LogP contribution in [0, 0.1) is 0 Å². The maximum atomic E-state index is 11.0. The number of hydrogen-bond donors (Lipinski definition) is 1. The van der Waals surface area contributed by atoms with Crippen LogP contribution in [0.1, 0.15) is 55.8 Å². The van der Waals surface area contributed by atoms with Gasteiger partial charge in [0.2, 0.25) is 0 Å². The fourth-order valence-electron chi connectivity index (χ4n) is 3.72. The number of carboxylic acids is 1. The van der Waals surface area contributed by atoms with Crippen LogP contribution >= 0.6 is 0 Å². The van der Waals surface area contributed by atoms with Gasteiger partial charge in [0.25, 0.3) is 0 Å². The molecule has 1 aromatic heterocycles. The summed E-state index contributed by atoms with van der Waals surface area (Å²) in [6.45, 7) is 6.55. The number of piperazine rings is 1. The van der Waals surface area contributed by atoms with Crippen LogP contribution in [0.4, 0.5) is 11.5 Å². The Morgan fingerprint density at radius 3 is 2.23 bits per heavy atom. The van der Waals surface area contributed by atoms with Crippen molar-refractivity contribution in [3.05, 3.63) is 48.2 Å². The molecule has 0 radical (unpaired) electrons. The monoisotopic (exact) mass is 411 g/mol. The molecule has 1 saturated heterocycles. The summed E-state index contributed by atoms with van der Waals surface area (Å²) >= 11 is 0. The molecule has 6 heteroatoms. The first-order valence-electron chi connectivity index (χ1n) is 11.1. The van der Waals surface area contributed by atoms with Gasteiger partial charge in [0.15, 0.2) is 0 Å². The second-order valence-electron chi connectivity index (χ2n) is 7.79. The van der Waals surface area contributed by atoms with Gasteiger partial charge in [-0.2, -0.15) is 0 Å². The van der Waals surface area contributed by atoms with Gasteiger partial charge in [-0.05, 0) is 42.8 Å². The van der Waals surface area contributed by atoms with Gasteiger partial charge >= 0.3 is 5.97 Å². The first kappa shape index (κ1) is 21.9. The molecule has 0 unspecified atom stereocenters. The number of anilines is 2. The van der Waals surface area contributed by atoms with Crippen molar-refractivity contribution >= 4 is 17.5 Å². The lowest BCUT2D eigenvalue weighted by Gasteiger charge is -2.36. The van der Waals surface area contributed by atoms with Crippen molar-refractivity contribution in [2.75, 3.05) is 42.6 Å². The molecule has 30 heavy (non-hydrogen) atoms. The van der Waals surface area contributed by atoms with Gasteiger partial charge < -0.3 is 19.6 Å². The number of carbonyl (C=O) groups is 1. The summed E-state index contributed by atoms with van der Waals surface area (Å²) in [4.78, 5) is 19.8. The van der Waals surface area contributed by atoms with Crippen molar-refractivity contribution in [3.63, 3.8) is 0 Å². The Balaban J connectivity index is 1.40. The van der Waals surface area contributed by atoms with Crippen LogP contribution in [0.5, 0.6) is 5.75 Å². The first-order chi connectivity index (χ1) is 14.7. The Hall–Kier alpha value is -2.76. The summed E-state index contributed by atoms with van der Waals surface area (Å²) in [5, 5.41) is 9.00. The van der Waals surface area contributed by atoms with Crippen LogP contribution < -0.4 is 14.5 Å². The van der Waals surface area contributed by atoms with E-state index >= 15 is 0 Å². The molecule has 1 fully saturated rings. The normalized spacial score (nSPS) is 14.0. The Kier molecular flexibility index (Phi) is 8.36. The molecule has 0 bridgehead atoms. The molecule has 0 spiro atoms. The van der Waals surface area contributed by atoms with Gasteiger partial charge in [-0.15, -0.1) is 0 Å². The van der Waals surface area contributed by atoms with Crippen molar-refractivity contribution in [1.82, 2.24) is 4.98 Å². The van der Waals surface area contributed by atoms with Crippen LogP contribution in [0.3, 0.4) is 0 Å². The average Bonchev–Trinajstić information content (AvgIpc) is 2.79. The highest BCUT2D eigenvalue weighted by atomic mass is 16.5. The molecule has 2 aromatic rings. The summed E-state index contributed by atoms with van der Waals surface area (Å²) in [7, 11) is 0. The summed E-state index contributed by atoms with van der Waals surface area (Å²) in [5.41, 5.74) is 1.42. The van der Waals surface area contributed by atoms with E-state index in [4.69, 9.17) is 9.84 Å². The smallest absolute Gasteiger partial charge is 0.337 e. The van der Waals surface area contributed by atoms with Crippen LogP contribution in [0.15, 0.2) is 42.6 Å². The molecule has 3 rings (SSSR count). The number of benzene rings is 1. The lowest BCUT2D eigenvalue weighted by Crippen LogP contribution is -2.46. The van der Waals surface area contributed by atoms with Gasteiger partial charge in [-0.25, -0.2) is 9.78 Å². The van der Waals surface area contributed by atoms with E-state index in [1.165, 1.54) is 44.0 Å². The minimum Gasteiger partial charge on any atom is -0.494 e. The van der Waals surface area contributed by atoms with E-state index in [2.05, 4.69) is 46.0 Å². The van der Waals surface area contributed by atoms with E-state index in [-0.39, 0.29) is 5.56 Å². The first-order valence-corrected chi connectivity index (χ1v) is 11.1. The van der Waals surface area contributed by atoms with E-state index < -0.39 is 5.97 Å². The minimum absolute atomic E-state index is 0.219. The zero-order valence-electron chi connectivity index (χ0n) is 17.9. The lowest BCUT2D eigenvalue weighted by molar-refractivity contribution is 0.0696. The highest BCUT2D eigenvalue weighted by Crippen LogP contribution is 2.22. The molecule has 2 heterocycles. The third kappa shape index (κ3) is 6.37. The molecule has 1 N–H and O–H groups in total. The number of unbranched alkanes of at least 4 members (excludes halogenated alkanes) is 5. The fourth-order valence-corrected chi connectivity index (χ4v) is 3.72. The van der Waals surface area contributed by atoms with Crippen molar-refractivity contribution in [3.8, 4) is 5.75 Å². The Labute approximate surface area is 179 Å². The van der Waals surface area contributed by atoms with Gasteiger partial charge in [0.1, 0.15) is 11.6 Å². The molecule has 0 atom stereocenters. The summed E-state index contributed by atoms with van der Waals surface area (Å²) in [5.74, 6) is 0.824. The fraction of sp³-hybridized carbons (Fsp3) is 0.500. The number of carboxylic acid groups (broad SMARTS) is 1. The topological polar surface area (TPSA) is 65.9 Å². The number of rotatable bonds is 11. The number of aromatic carboxylic acids is 1. The summed E-state index contributed by atoms with van der Waals surface area (Å²) < 4.78 is 5.88. The second kappa shape index (κ2) is 11.4. The number of aromatic nitrogens is 1. The number of ether oxygens (including phenoxy) is 1. The summed E-state index contributed by atoms with van der Waals surface area (Å²) in [6, 6.07) is 11.8. The lowest BCUT2D eigenvalue weighted by atomic mass is 10.1. The van der Waals surface area contributed by atoms with Crippen LogP contribution in [0.25, 0.3) is 0 Å². The van der Waals surface area contributed by atoms with E-state index in [1.54, 1.807) is 12.1 Å². The Morgan fingerprint density at radius 2 is 1.60 bits per heavy atom. The van der Waals surface area contributed by atoms with E-state index in [9.17, 15) is 4.79 Å². The summed E-state index contributed by atoms with van der Waals surface area (Å²) in [6.07, 6.45) is 9.06. The number of nitrogens with zero attached hydrogens (tertiary/aromatic N) is 3. The van der Waals surface area contributed by atoms with Crippen molar-refractivity contribution < 1.29 is 14.6 Å². The molecule has 1 aromatic carbocycles. The maximum absolute atomic E-state index is 11.0. The number of pyridine rings is 1. The van der Waals surface area contributed by atoms with E-state index in [0.29, 0.717) is 0 Å². The molecular formula is C24H33N3O3. The quantitative estimate of drug-likeness (QED) is 0.534. The Morgan fingerprint density at radius 1 is 0.933 bits per heavy atom. The Bertz CT molecular complexity index is 769. The predicted octanol–water partition coefficient (Wildman–Crippen LogP) is 4.85. The van der Waals surface area contributed by atoms with Gasteiger partial charge in [-0.1, -0.05) is 39.0 Å². The maximum Gasteiger partial charge on any atom is 0.337 e. The van der Waals surface area contributed by atoms with E-state index in [0.717, 1.165) is 50.8 Å². The second-order valence-corrected chi connectivity index (χ2v) is 7.79. The molecule has 1 aliphatic rings. The van der Waals surface area contributed by atoms with Gasteiger partial charge in [-0.3, -0.25) is 0 Å². The highest BCUT2D eigenvalue weighted by molar-refractivity contribution is 5.87. The highest BCUT2D eigenvalue weighted by Gasteiger charge is 2.18. The molecule has 0 amide bonds. The average molecular weight is 412 g/mol. The molecule has 0 aliphatic carbocycles. The minimum atomic E-state index is -0.946. The largest absolute Gasteiger partial charge is 0.494 e. The van der Waals surface area contributed by atoms with E-state index in [1.807, 2.05) is 0 Å². The molecule has 1 aliphatic heterocycles. The van der Waals surface area contributed by atoms with Crippen molar-refractivity contribution in [2.24, 2.45) is 0 Å². The van der Waals surface area contributed by atoms with Crippen LogP contribution in [-0.2, 0) is 0 Å².